The first kappa shape index (κ1) is 14.3. The number of hydrogen-bond acceptors (Lipinski definition) is 2. The molecule has 1 heterocycles. The summed E-state index contributed by atoms with van der Waals surface area (Å²) in [5.74, 6) is 0.713. The average molecular weight is 238 g/mol. The van der Waals surface area contributed by atoms with E-state index in [1.807, 2.05) is 0 Å². The fraction of sp³-hybridized carbons (Fsp3) is 0.714. The monoisotopic (exact) mass is 238 g/mol. The molecule has 0 atom stereocenters. The smallest absolute Gasteiger partial charge is 0.0587 e. The van der Waals surface area contributed by atoms with Gasteiger partial charge in [-0.15, -0.1) is 0 Å². The lowest BCUT2D eigenvalue weighted by molar-refractivity contribution is 0.199. The molecule has 0 bridgehead atoms. The number of nitrogens with one attached hydrogen (secondary N) is 1. The van der Waals surface area contributed by atoms with E-state index in [4.69, 9.17) is 4.74 Å². The maximum Gasteiger partial charge on any atom is 0.0587 e. The molecule has 1 aromatic heterocycles. The molecule has 0 aromatic carbocycles. The largest absolute Gasteiger partial charge is 0.383 e. The van der Waals surface area contributed by atoms with Gasteiger partial charge in [0.15, 0.2) is 0 Å². The van der Waals surface area contributed by atoms with Crippen LogP contribution in [0.4, 0.5) is 0 Å². The Morgan fingerprint density at radius 1 is 1.29 bits per heavy atom. The molecule has 17 heavy (non-hydrogen) atoms. The van der Waals surface area contributed by atoms with E-state index in [0.29, 0.717) is 5.92 Å². The van der Waals surface area contributed by atoms with Crippen LogP contribution in [0.1, 0.15) is 32.2 Å². The van der Waals surface area contributed by atoms with E-state index in [-0.39, 0.29) is 0 Å². The summed E-state index contributed by atoms with van der Waals surface area (Å²) < 4.78 is 7.44. The van der Waals surface area contributed by atoms with Crippen molar-refractivity contribution < 1.29 is 4.74 Å². The Kier molecular flexibility index (Phi) is 6.30. The van der Waals surface area contributed by atoms with Gasteiger partial charge in [0.2, 0.25) is 0 Å². The molecule has 1 rings (SSSR count). The van der Waals surface area contributed by atoms with Gasteiger partial charge < -0.3 is 14.6 Å². The third-order valence-corrected chi connectivity index (χ3v) is 2.88. The van der Waals surface area contributed by atoms with Crippen LogP contribution in [-0.2, 0) is 24.2 Å². The van der Waals surface area contributed by atoms with Gasteiger partial charge in [-0.1, -0.05) is 13.8 Å². The highest BCUT2D eigenvalue weighted by Gasteiger charge is 2.07. The van der Waals surface area contributed by atoms with Crippen LogP contribution in [0.3, 0.4) is 0 Å². The standard InChI is InChI=1S/C14H26N2O/c1-5-16-13(10-12(2)3)6-7-14(16)11-15-8-9-17-4/h6-7,12,15H,5,8-11H2,1-4H3. The second-order valence-electron chi connectivity index (χ2n) is 4.83. The maximum atomic E-state index is 5.02. The number of ether oxygens (including phenoxy) is 1. The van der Waals surface area contributed by atoms with E-state index in [9.17, 15) is 0 Å². The van der Waals surface area contributed by atoms with E-state index >= 15 is 0 Å². The first-order valence-electron chi connectivity index (χ1n) is 6.56. The highest BCUT2D eigenvalue weighted by atomic mass is 16.5. The van der Waals surface area contributed by atoms with Gasteiger partial charge in [0.25, 0.3) is 0 Å². The van der Waals surface area contributed by atoms with Crippen LogP contribution in [0, 0.1) is 5.92 Å². The van der Waals surface area contributed by atoms with Crippen LogP contribution in [-0.4, -0.2) is 24.8 Å². The predicted molar refractivity (Wildman–Crippen MR) is 72.2 cm³/mol. The number of rotatable bonds is 8. The average Bonchev–Trinajstić information content (AvgIpc) is 2.66. The second kappa shape index (κ2) is 7.51. The molecule has 1 aromatic rings. The number of methoxy groups -OCH3 is 1. The third-order valence-electron chi connectivity index (χ3n) is 2.88. The number of nitrogens with zero attached hydrogens (tertiary/aromatic N) is 1. The molecule has 3 nitrogen and oxygen atoms in total. The Bertz CT molecular complexity index is 318. The van der Waals surface area contributed by atoms with Gasteiger partial charge in [-0.2, -0.15) is 0 Å². The zero-order valence-corrected chi connectivity index (χ0v) is 11.6. The van der Waals surface area contributed by atoms with E-state index in [2.05, 4.69) is 42.8 Å². The predicted octanol–water partition coefficient (Wildman–Crippen LogP) is 2.44. The Balaban J connectivity index is 2.56. The summed E-state index contributed by atoms with van der Waals surface area (Å²) in [4.78, 5) is 0. The molecule has 0 amide bonds. The van der Waals surface area contributed by atoms with Gasteiger partial charge in [-0.3, -0.25) is 0 Å². The van der Waals surface area contributed by atoms with Gasteiger partial charge in [-0.25, -0.2) is 0 Å². The molecule has 0 aliphatic carbocycles. The van der Waals surface area contributed by atoms with Crippen molar-refractivity contribution in [2.75, 3.05) is 20.3 Å². The van der Waals surface area contributed by atoms with Gasteiger partial charge in [0, 0.05) is 38.1 Å². The molecule has 3 heteroatoms. The second-order valence-corrected chi connectivity index (χ2v) is 4.83. The van der Waals surface area contributed by atoms with Crippen LogP contribution in [0.15, 0.2) is 12.1 Å². The minimum absolute atomic E-state index is 0.713. The highest BCUT2D eigenvalue weighted by molar-refractivity contribution is 5.17. The van der Waals surface area contributed by atoms with Crippen molar-refractivity contribution in [2.45, 2.75) is 40.3 Å². The van der Waals surface area contributed by atoms with Crippen molar-refractivity contribution >= 4 is 0 Å². The molecule has 0 spiro atoms. The summed E-state index contributed by atoms with van der Waals surface area (Å²) in [7, 11) is 1.73. The lowest BCUT2D eigenvalue weighted by Gasteiger charge is -2.13. The minimum Gasteiger partial charge on any atom is -0.383 e. The first-order valence-corrected chi connectivity index (χ1v) is 6.56. The summed E-state index contributed by atoms with van der Waals surface area (Å²) >= 11 is 0. The van der Waals surface area contributed by atoms with Gasteiger partial charge in [0.1, 0.15) is 0 Å². The molecular weight excluding hydrogens is 212 g/mol. The summed E-state index contributed by atoms with van der Waals surface area (Å²) in [5.41, 5.74) is 2.82. The Hall–Kier alpha value is -0.800. The highest BCUT2D eigenvalue weighted by Crippen LogP contribution is 2.13. The molecule has 0 saturated carbocycles. The molecule has 0 fully saturated rings. The summed E-state index contributed by atoms with van der Waals surface area (Å²) in [6.45, 7) is 10.4. The maximum absolute atomic E-state index is 5.02. The molecule has 98 valence electrons. The lowest BCUT2D eigenvalue weighted by Crippen LogP contribution is -2.21. The Morgan fingerprint density at radius 3 is 2.59 bits per heavy atom. The quantitative estimate of drug-likeness (QED) is 0.704. The van der Waals surface area contributed by atoms with Crippen LogP contribution in [0.5, 0.6) is 0 Å². The minimum atomic E-state index is 0.713. The van der Waals surface area contributed by atoms with Gasteiger partial charge in [-0.05, 0) is 31.4 Å². The molecule has 0 unspecified atom stereocenters. The van der Waals surface area contributed by atoms with E-state index in [1.165, 1.54) is 11.4 Å². The Morgan fingerprint density at radius 2 is 2.00 bits per heavy atom. The number of aromatic nitrogens is 1. The summed E-state index contributed by atoms with van der Waals surface area (Å²) in [6.07, 6.45) is 1.16. The van der Waals surface area contributed by atoms with Crippen LogP contribution in [0.25, 0.3) is 0 Å². The fourth-order valence-electron chi connectivity index (χ4n) is 2.10. The molecule has 0 aliphatic rings. The normalized spacial score (nSPS) is 11.4. The van der Waals surface area contributed by atoms with E-state index < -0.39 is 0 Å². The summed E-state index contributed by atoms with van der Waals surface area (Å²) in [6, 6.07) is 4.50. The van der Waals surface area contributed by atoms with Crippen molar-refractivity contribution in [1.82, 2.24) is 9.88 Å². The zero-order valence-electron chi connectivity index (χ0n) is 11.6. The van der Waals surface area contributed by atoms with E-state index in [0.717, 1.165) is 32.7 Å². The van der Waals surface area contributed by atoms with Crippen molar-refractivity contribution in [1.29, 1.82) is 0 Å². The molecule has 0 radical (unpaired) electrons. The third kappa shape index (κ3) is 4.52. The SMILES string of the molecule is CCn1c(CNCCOC)ccc1CC(C)C. The van der Waals surface area contributed by atoms with Crippen molar-refractivity contribution in [2.24, 2.45) is 5.92 Å². The Labute approximate surface area is 105 Å². The van der Waals surface area contributed by atoms with Crippen molar-refractivity contribution in [3.63, 3.8) is 0 Å². The van der Waals surface area contributed by atoms with Gasteiger partial charge >= 0.3 is 0 Å². The van der Waals surface area contributed by atoms with Crippen LogP contribution >= 0.6 is 0 Å². The number of hydrogen-bond donors (Lipinski definition) is 1. The van der Waals surface area contributed by atoms with Crippen LogP contribution < -0.4 is 5.32 Å². The zero-order chi connectivity index (χ0) is 12.7. The summed E-state index contributed by atoms with van der Waals surface area (Å²) in [5, 5.41) is 3.40. The van der Waals surface area contributed by atoms with E-state index in [1.54, 1.807) is 7.11 Å². The molecule has 0 saturated heterocycles. The van der Waals surface area contributed by atoms with Crippen molar-refractivity contribution in [3.05, 3.63) is 23.5 Å². The molecule has 0 aliphatic heterocycles. The van der Waals surface area contributed by atoms with Crippen molar-refractivity contribution in [3.8, 4) is 0 Å². The van der Waals surface area contributed by atoms with Gasteiger partial charge in [0.05, 0.1) is 6.61 Å². The fourth-order valence-corrected chi connectivity index (χ4v) is 2.10. The first-order chi connectivity index (χ1) is 8.19. The molecular formula is C14H26N2O. The topological polar surface area (TPSA) is 26.2 Å². The lowest BCUT2D eigenvalue weighted by atomic mass is 10.1. The van der Waals surface area contributed by atoms with Crippen LogP contribution in [0.2, 0.25) is 0 Å². The molecule has 1 N–H and O–H groups in total.